The molecule has 0 atom stereocenters. The van der Waals surface area contributed by atoms with E-state index in [9.17, 15) is 0 Å². The van der Waals surface area contributed by atoms with Crippen LogP contribution >= 0.6 is 0 Å². The minimum atomic E-state index is 0.995. The van der Waals surface area contributed by atoms with Crippen LogP contribution in [0.5, 0.6) is 0 Å². The van der Waals surface area contributed by atoms with Crippen LogP contribution in [-0.4, -0.2) is 9.38 Å². The molecule has 2 heterocycles. The van der Waals surface area contributed by atoms with Crippen LogP contribution in [0.4, 0.5) is 0 Å². The highest BCUT2D eigenvalue weighted by molar-refractivity contribution is 6.18. The summed E-state index contributed by atoms with van der Waals surface area (Å²) >= 11 is 0. The number of aromatic nitrogens is 2. The predicted molar refractivity (Wildman–Crippen MR) is 149 cm³/mol. The zero-order valence-electron chi connectivity index (χ0n) is 20.0. The van der Waals surface area contributed by atoms with Crippen molar-refractivity contribution in [1.29, 1.82) is 0 Å². The van der Waals surface area contributed by atoms with Gasteiger partial charge in [-0.25, -0.2) is 4.98 Å². The maximum Gasteiger partial charge on any atom is 0.145 e. The van der Waals surface area contributed by atoms with Crippen molar-refractivity contribution < 1.29 is 0 Å². The Morgan fingerprint density at radius 2 is 1.29 bits per heavy atom. The van der Waals surface area contributed by atoms with Gasteiger partial charge >= 0.3 is 0 Å². The lowest BCUT2D eigenvalue weighted by atomic mass is 9.95. The van der Waals surface area contributed by atoms with Crippen molar-refractivity contribution in [3.05, 3.63) is 108 Å². The van der Waals surface area contributed by atoms with Gasteiger partial charge in [0.25, 0.3) is 0 Å². The number of benzene rings is 5. The van der Waals surface area contributed by atoms with E-state index in [2.05, 4.69) is 115 Å². The van der Waals surface area contributed by atoms with E-state index in [0.717, 1.165) is 24.2 Å². The van der Waals surface area contributed by atoms with Crippen LogP contribution in [0.25, 0.3) is 60.1 Å². The van der Waals surface area contributed by atoms with E-state index < -0.39 is 0 Å². The molecule has 0 saturated carbocycles. The molecule has 0 N–H and O–H groups in total. The number of rotatable bonds is 3. The van der Waals surface area contributed by atoms with Gasteiger partial charge in [0.15, 0.2) is 0 Å². The fourth-order valence-electron chi connectivity index (χ4n) is 5.82. The molecule has 2 heteroatoms. The van der Waals surface area contributed by atoms with Crippen LogP contribution in [-0.2, 0) is 12.8 Å². The van der Waals surface area contributed by atoms with Crippen molar-refractivity contribution >= 4 is 48.9 Å². The fourth-order valence-corrected chi connectivity index (χ4v) is 5.82. The summed E-state index contributed by atoms with van der Waals surface area (Å²) in [6.45, 7) is 4.46. The van der Waals surface area contributed by atoms with E-state index in [0.29, 0.717) is 0 Å². The van der Waals surface area contributed by atoms with Gasteiger partial charge in [-0.05, 0) is 63.0 Å². The van der Waals surface area contributed by atoms with Crippen molar-refractivity contribution in [3.8, 4) is 11.3 Å². The lowest BCUT2D eigenvalue weighted by molar-refractivity contribution is 1.09. The molecule has 5 aromatic carbocycles. The largest absolute Gasteiger partial charge is 0.298 e. The molecule has 2 aromatic heterocycles. The summed E-state index contributed by atoms with van der Waals surface area (Å²) in [4.78, 5) is 5.28. The number of imidazole rings is 1. The van der Waals surface area contributed by atoms with Crippen LogP contribution in [0.15, 0.2) is 97.2 Å². The molecule has 0 saturated heterocycles. The topological polar surface area (TPSA) is 17.3 Å². The molecule has 0 bridgehead atoms. The van der Waals surface area contributed by atoms with Gasteiger partial charge in [0, 0.05) is 22.5 Å². The van der Waals surface area contributed by atoms with Crippen molar-refractivity contribution in [2.45, 2.75) is 26.7 Å². The monoisotopic (exact) mass is 450 g/mol. The van der Waals surface area contributed by atoms with Crippen molar-refractivity contribution in [3.63, 3.8) is 0 Å². The third kappa shape index (κ3) is 2.93. The second-order valence-corrected chi connectivity index (χ2v) is 9.40. The Hall–Kier alpha value is -4.17. The van der Waals surface area contributed by atoms with Gasteiger partial charge in [0.1, 0.15) is 5.65 Å². The van der Waals surface area contributed by atoms with Gasteiger partial charge in [-0.1, -0.05) is 92.7 Å². The molecule has 0 aliphatic rings. The van der Waals surface area contributed by atoms with Gasteiger partial charge in [-0.15, -0.1) is 0 Å². The van der Waals surface area contributed by atoms with Crippen LogP contribution in [0.3, 0.4) is 0 Å². The average Bonchev–Trinajstić information content (AvgIpc) is 3.37. The van der Waals surface area contributed by atoms with Gasteiger partial charge < -0.3 is 0 Å². The number of hydrogen-bond donors (Lipinski definition) is 0. The standard InChI is InChI=1S/C33H26N2/c1-3-21-11-9-12-22(4-2)32(21)30-20-35-31-19-28-24(17-16-23-10-5-6-13-25(23)28)18-29(31)26-14-7-8-15-27(26)33(35)34-30/h5-20H,3-4H2,1-2H3. The number of aryl methyl sites for hydroxylation is 2. The molecular weight excluding hydrogens is 424 g/mol. The summed E-state index contributed by atoms with van der Waals surface area (Å²) in [5.41, 5.74) is 7.30. The summed E-state index contributed by atoms with van der Waals surface area (Å²) < 4.78 is 2.32. The Labute approximate surface area is 204 Å². The number of hydrogen-bond acceptors (Lipinski definition) is 1. The van der Waals surface area contributed by atoms with E-state index >= 15 is 0 Å². The molecule has 35 heavy (non-hydrogen) atoms. The molecule has 0 fully saturated rings. The molecule has 2 nitrogen and oxygen atoms in total. The molecule has 0 unspecified atom stereocenters. The zero-order valence-corrected chi connectivity index (χ0v) is 20.0. The predicted octanol–water partition coefficient (Wildman–Crippen LogP) is 8.74. The normalized spacial score (nSPS) is 11.9. The first kappa shape index (κ1) is 20.2. The summed E-state index contributed by atoms with van der Waals surface area (Å²) in [6.07, 6.45) is 4.25. The first-order valence-corrected chi connectivity index (χ1v) is 12.5. The molecule has 0 amide bonds. The third-order valence-electron chi connectivity index (χ3n) is 7.54. The molecular formula is C33H26N2. The highest BCUT2D eigenvalue weighted by Gasteiger charge is 2.17. The Bertz CT molecular complexity index is 1900. The summed E-state index contributed by atoms with van der Waals surface area (Å²) in [6, 6.07) is 33.2. The molecule has 0 spiro atoms. The highest BCUT2D eigenvalue weighted by Crippen LogP contribution is 2.37. The Morgan fingerprint density at radius 1 is 0.600 bits per heavy atom. The summed E-state index contributed by atoms with van der Waals surface area (Å²) in [5, 5.41) is 8.82. The Morgan fingerprint density at radius 3 is 2.06 bits per heavy atom. The van der Waals surface area contributed by atoms with Crippen LogP contribution < -0.4 is 0 Å². The second-order valence-electron chi connectivity index (χ2n) is 9.40. The smallest absolute Gasteiger partial charge is 0.145 e. The van der Waals surface area contributed by atoms with E-state index in [1.165, 1.54) is 59.9 Å². The van der Waals surface area contributed by atoms with Crippen LogP contribution in [0, 0.1) is 0 Å². The first-order chi connectivity index (χ1) is 17.3. The fraction of sp³-hybridized carbons (Fsp3) is 0.121. The van der Waals surface area contributed by atoms with E-state index in [4.69, 9.17) is 4.98 Å². The minimum absolute atomic E-state index is 0.995. The van der Waals surface area contributed by atoms with E-state index in [1.807, 2.05) is 0 Å². The van der Waals surface area contributed by atoms with E-state index in [-0.39, 0.29) is 0 Å². The van der Waals surface area contributed by atoms with Crippen molar-refractivity contribution in [2.75, 3.05) is 0 Å². The highest BCUT2D eigenvalue weighted by atomic mass is 15.0. The van der Waals surface area contributed by atoms with Gasteiger partial charge in [0.05, 0.1) is 11.2 Å². The second kappa shape index (κ2) is 7.68. The molecule has 0 aliphatic carbocycles. The maximum atomic E-state index is 5.28. The maximum absolute atomic E-state index is 5.28. The molecule has 0 aliphatic heterocycles. The summed E-state index contributed by atoms with van der Waals surface area (Å²) in [7, 11) is 0. The van der Waals surface area contributed by atoms with Crippen molar-refractivity contribution in [1.82, 2.24) is 9.38 Å². The molecule has 7 aromatic rings. The van der Waals surface area contributed by atoms with Gasteiger partial charge in [-0.2, -0.15) is 0 Å². The first-order valence-electron chi connectivity index (χ1n) is 12.5. The number of pyridine rings is 1. The minimum Gasteiger partial charge on any atom is -0.298 e. The van der Waals surface area contributed by atoms with Gasteiger partial charge in [-0.3, -0.25) is 4.40 Å². The summed E-state index contributed by atoms with van der Waals surface area (Å²) in [5.74, 6) is 0. The Kier molecular flexibility index (Phi) is 4.44. The molecule has 0 radical (unpaired) electrons. The van der Waals surface area contributed by atoms with Crippen molar-refractivity contribution in [2.24, 2.45) is 0 Å². The van der Waals surface area contributed by atoms with Crippen LogP contribution in [0.2, 0.25) is 0 Å². The Balaban J connectivity index is 1.66. The SMILES string of the molecule is CCc1cccc(CC)c1-c1cn2c3cc4c(ccc5ccccc54)cc3c3ccccc3c2n1. The third-order valence-corrected chi connectivity index (χ3v) is 7.54. The van der Waals surface area contributed by atoms with E-state index in [1.54, 1.807) is 0 Å². The van der Waals surface area contributed by atoms with Crippen LogP contribution in [0.1, 0.15) is 25.0 Å². The quantitative estimate of drug-likeness (QED) is 0.194. The lowest BCUT2D eigenvalue weighted by Crippen LogP contribution is -1.94. The number of nitrogens with zero attached hydrogens (tertiary/aromatic N) is 2. The average molecular weight is 451 g/mol. The molecule has 168 valence electrons. The zero-order chi connectivity index (χ0) is 23.5. The number of fused-ring (bicyclic) bond motifs is 9. The molecule has 7 rings (SSSR count). The lowest BCUT2D eigenvalue weighted by Gasteiger charge is -2.11. The van der Waals surface area contributed by atoms with Gasteiger partial charge in [0.2, 0.25) is 0 Å².